The maximum Gasteiger partial charge on any atom is 0.0956 e. The van der Waals surface area contributed by atoms with Crippen LogP contribution in [0.2, 0.25) is 0 Å². The Morgan fingerprint density at radius 3 is 2.38 bits per heavy atom. The van der Waals surface area contributed by atoms with Crippen LogP contribution in [0, 0.1) is 6.92 Å². The Morgan fingerprint density at radius 1 is 1.38 bits per heavy atom. The minimum Gasteiger partial charge on any atom is -0.328 e. The molecule has 2 N–H and O–H groups in total. The van der Waals surface area contributed by atoms with E-state index < -0.39 is 0 Å². The van der Waals surface area contributed by atoms with E-state index >= 15 is 0 Å². The molecule has 0 fully saturated rings. The molecule has 74 valence electrons. The molecular weight excluding hydrogens is 180 g/mol. The second-order valence-electron chi connectivity index (χ2n) is 3.90. The molecule has 0 saturated carbocycles. The van der Waals surface area contributed by atoms with Gasteiger partial charge in [0.15, 0.2) is 0 Å². The van der Waals surface area contributed by atoms with Crippen LogP contribution in [0.15, 0.2) is 0 Å². The monoisotopic (exact) mass is 198 g/mol. The summed E-state index contributed by atoms with van der Waals surface area (Å²) >= 11 is 1.80. The molecule has 0 saturated heterocycles. The van der Waals surface area contributed by atoms with Crippen molar-refractivity contribution < 1.29 is 0 Å². The van der Waals surface area contributed by atoms with Gasteiger partial charge in [0, 0.05) is 16.8 Å². The Bertz CT molecular complexity index is 276. The maximum absolute atomic E-state index is 5.76. The topological polar surface area (TPSA) is 38.9 Å². The van der Waals surface area contributed by atoms with Gasteiger partial charge in [-0.3, -0.25) is 0 Å². The van der Waals surface area contributed by atoms with Crippen molar-refractivity contribution in [2.75, 3.05) is 0 Å². The quantitative estimate of drug-likeness (QED) is 0.810. The SMILES string of the molecule is Cc1nc(C(C)C)sc1CC(C)N. The van der Waals surface area contributed by atoms with Gasteiger partial charge in [-0.2, -0.15) is 0 Å². The largest absolute Gasteiger partial charge is 0.328 e. The number of aromatic nitrogens is 1. The van der Waals surface area contributed by atoms with Crippen LogP contribution in [0.3, 0.4) is 0 Å². The van der Waals surface area contributed by atoms with Crippen molar-refractivity contribution >= 4 is 11.3 Å². The normalized spacial score (nSPS) is 13.7. The lowest BCUT2D eigenvalue weighted by Crippen LogP contribution is -2.17. The standard InChI is InChI=1S/C10H18N2S/c1-6(2)10-12-8(4)9(13-10)5-7(3)11/h6-7H,5,11H2,1-4H3. The number of thiazole rings is 1. The molecule has 1 rings (SSSR count). The molecule has 1 unspecified atom stereocenters. The van der Waals surface area contributed by atoms with Crippen LogP contribution in [0.4, 0.5) is 0 Å². The molecule has 1 atom stereocenters. The molecule has 0 spiro atoms. The summed E-state index contributed by atoms with van der Waals surface area (Å²) in [6.07, 6.45) is 0.955. The summed E-state index contributed by atoms with van der Waals surface area (Å²) in [6, 6.07) is 0.235. The van der Waals surface area contributed by atoms with E-state index in [2.05, 4.69) is 25.8 Å². The molecule has 0 amide bonds. The molecule has 3 heteroatoms. The Morgan fingerprint density at radius 2 is 2.00 bits per heavy atom. The van der Waals surface area contributed by atoms with Gasteiger partial charge in [-0.1, -0.05) is 13.8 Å². The highest BCUT2D eigenvalue weighted by Crippen LogP contribution is 2.25. The van der Waals surface area contributed by atoms with E-state index in [-0.39, 0.29) is 6.04 Å². The van der Waals surface area contributed by atoms with Gasteiger partial charge >= 0.3 is 0 Å². The lowest BCUT2D eigenvalue weighted by atomic mass is 10.2. The molecule has 2 nitrogen and oxygen atoms in total. The molecule has 0 aromatic carbocycles. The first-order valence-corrected chi connectivity index (χ1v) is 5.54. The smallest absolute Gasteiger partial charge is 0.0956 e. The van der Waals surface area contributed by atoms with Crippen LogP contribution in [0.25, 0.3) is 0 Å². The fraction of sp³-hybridized carbons (Fsp3) is 0.700. The van der Waals surface area contributed by atoms with E-state index in [0.717, 1.165) is 12.1 Å². The molecule has 0 radical (unpaired) electrons. The lowest BCUT2D eigenvalue weighted by Gasteiger charge is -2.01. The van der Waals surface area contributed by atoms with E-state index in [4.69, 9.17) is 5.73 Å². The number of hydrogen-bond donors (Lipinski definition) is 1. The zero-order chi connectivity index (χ0) is 10.0. The summed E-state index contributed by atoms with van der Waals surface area (Å²) in [6.45, 7) is 8.45. The van der Waals surface area contributed by atoms with Gasteiger partial charge in [0.2, 0.25) is 0 Å². The van der Waals surface area contributed by atoms with Gasteiger partial charge in [0.25, 0.3) is 0 Å². The summed E-state index contributed by atoms with van der Waals surface area (Å²) in [5, 5.41) is 1.23. The zero-order valence-corrected chi connectivity index (χ0v) is 9.61. The van der Waals surface area contributed by atoms with Gasteiger partial charge in [0.05, 0.1) is 10.7 Å². The number of hydrogen-bond acceptors (Lipinski definition) is 3. The van der Waals surface area contributed by atoms with Gasteiger partial charge < -0.3 is 5.73 Å². The third-order valence-electron chi connectivity index (χ3n) is 1.91. The Hall–Kier alpha value is -0.410. The van der Waals surface area contributed by atoms with Crippen LogP contribution in [-0.2, 0) is 6.42 Å². The first-order valence-electron chi connectivity index (χ1n) is 4.72. The van der Waals surface area contributed by atoms with E-state index in [9.17, 15) is 0 Å². The van der Waals surface area contributed by atoms with Gasteiger partial charge in [-0.25, -0.2) is 4.98 Å². The van der Waals surface area contributed by atoms with Crippen LogP contribution in [-0.4, -0.2) is 11.0 Å². The van der Waals surface area contributed by atoms with Gasteiger partial charge in [0.1, 0.15) is 0 Å². The lowest BCUT2D eigenvalue weighted by molar-refractivity contribution is 0.741. The summed E-state index contributed by atoms with van der Waals surface area (Å²) in [4.78, 5) is 5.87. The van der Waals surface area contributed by atoms with Gasteiger partial charge in [-0.05, 0) is 20.3 Å². The van der Waals surface area contributed by atoms with E-state index in [1.165, 1.54) is 9.88 Å². The molecule has 0 aliphatic carbocycles. The summed E-state index contributed by atoms with van der Waals surface area (Å²) in [5.74, 6) is 0.533. The van der Waals surface area contributed by atoms with Crippen molar-refractivity contribution in [1.29, 1.82) is 0 Å². The van der Waals surface area contributed by atoms with Crippen molar-refractivity contribution in [3.63, 3.8) is 0 Å². The van der Waals surface area contributed by atoms with E-state index in [1.54, 1.807) is 11.3 Å². The number of rotatable bonds is 3. The summed E-state index contributed by atoms with van der Waals surface area (Å²) in [5.41, 5.74) is 6.92. The number of nitrogens with two attached hydrogens (primary N) is 1. The predicted molar refractivity (Wildman–Crippen MR) is 58.3 cm³/mol. The Kier molecular flexibility index (Phi) is 3.45. The highest BCUT2D eigenvalue weighted by atomic mass is 32.1. The average Bonchev–Trinajstić information content (AvgIpc) is 2.31. The van der Waals surface area contributed by atoms with Crippen molar-refractivity contribution in [3.05, 3.63) is 15.6 Å². The third-order valence-corrected chi connectivity index (χ3v) is 3.39. The van der Waals surface area contributed by atoms with Gasteiger partial charge in [-0.15, -0.1) is 11.3 Å². The van der Waals surface area contributed by atoms with Crippen LogP contribution in [0.5, 0.6) is 0 Å². The third kappa shape index (κ3) is 2.78. The minimum atomic E-state index is 0.235. The molecule has 0 aliphatic rings. The summed E-state index contributed by atoms with van der Waals surface area (Å²) in [7, 11) is 0. The van der Waals surface area contributed by atoms with Crippen molar-refractivity contribution in [2.24, 2.45) is 5.73 Å². The molecular formula is C10H18N2S. The zero-order valence-electron chi connectivity index (χ0n) is 8.79. The average molecular weight is 198 g/mol. The highest BCUT2D eigenvalue weighted by Gasteiger charge is 2.11. The second kappa shape index (κ2) is 4.20. The fourth-order valence-electron chi connectivity index (χ4n) is 1.18. The minimum absolute atomic E-state index is 0.235. The fourth-order valence-corrected chi connectivity index (χ4v) is 2.39. The first-order chi connectivity index (χ1) is 6.00. The molecule has 13 heavy (non-hydrogen) atoms. The molecule has 1 heterocycles. The molecule has 1 aromatic rings. The van der Waals surface area contributed by atoms with Crippen LogP contribution < -0.4 is 5.73 Å². The Balaban J connectivity index is 2.83. The first kappa shape index (κ1) is 10.7. The van der Waals surface area contributed by atoms with Crippen LogP contribution >= 0.6 is 11.3 Å². The van der Waals surface area contributed by atoms with E-state index in [1.807, 2.05) is 6.92 Å². The number of nitrogens with zero attached hydrogens (tertiary/aromatic N) is 1. The predicted octanol–water partition coefficient (Wildman–Crippen LogP) is 2.46. The molecule has 1 aromatic heterocycles. The summed E-state index contributed by atoms with van der Waals surface area (Å²) < 4.78 is 0. The van der Waals surface area contributed by atoms with E-state index in [0.29, 0.717) is 5.92 Å². The molecule has 0 aliphatic heterocycles. The van der Waals surface area contributed by atoms with Crippen molar-refractivity contribution in [2.45, 2.75) is 46.1 Å². The molecule has 0 bridgehead atoms. The van der Waals surface area contributed by atoms with Crippen molar-refractivity contribution in [3.8, 4) is 0 Å². The maximum atomic E-state index is 5.76. The number of aryl methyl sites for hydroxylation is 1. The van der Waals surface area contributed by atoms with Crippen LogP contribution in [0.1, 0.15) is 42.3 Å². The Labute approximate surface area is 84.2 Å². The van der Waals surface area contributed by atoms with Crippen molar-refractivity contribution in [1.82, 2.24) is 4.98 Å². The highest BCUT2D eigenvalue weighted by molar-refractivity contribution is 7.11. The second-order valence-corrected chi connectivity index (χ2v) is 5.01.